The van der Waals surface area contributed by atoms with Gasteiger partial charge in [0, 0.05) is 44.8 Å². The number of guanidine groups is 1. The van der Waals surface area contributed by atoms with E-state index < -0.39 is 10.0 Å². The van der Waals surface area contributed by atoms with Gasteiger partial charge in [-0.25, -0.2) is 13.4 Å². The molecule has 174 valence electrons. The minimum Gasteiger partial charge on any atom is -0.357 e. The van der Waals surface area contributed by atoms with Crippen LogP contribution in [-0.4, -0.2) is 68.4 Å². The van der Waals surface area contributed by atoms with Gasteiger partial charge in [-0.1, -0.05) is 25.5 Å². The lowest BCUT2D eigenvalue weighted by molar-refractivity contribution is 0.265. The SMILES string of the molecule is CCNC(=NCc1cccc(S(=O)(=O)N2CCCCC2)c1)NC1CN(C(C)C)CC1C. The van der Waals surface area contributed by atoms with Crippen LogP contribution in [0.4, 0.5) is 0 Å². The molecule has 0 saturated carbocycles. The Morgan fingerprint density at radius 3 is 2.58 bits per heavy atom. The predicted octanol–water partition coefficient (Wildman–Crippen LogP) is 2.65. The number of nitrogens with zero attached hydrogens (tertiary/aromatic N) is 3. The van der Waals surface area contributed by atoms with Gasteiger partial charge in [-0.05, 0) is 57.2 Å². The summed E-state index contributed by atoms with van der Waals surface area (Å²) in [5.74, 6) is 1.33. The second kappa shape index (κ2) is 10.8. The van der Waals surface area contributed by atoms with E-state index in [0.29, 0.717) is 42.5 Å². The molecule has 0 amide bonds. The van der Waals surface area contributed by atoms with Gasteiger partial charge in [-0.15, -0.1) is 0 Å². The van der Waals surface area contributed by atoms with Gasteiger partial charge in [0.1, 0.15) is 0 Å². The van der Waals surface area contributed by atoms with Gasteiger partial charge < -0.3 is 10.6 Å². The molecule has 0 bridgehead atoms. The highest BCUT2D eigenvalue weighted by Gasteiger charge is 2.31. The molecule has 2 heterocycles. The van der Waals surface area contributed by atoms with E-state index in [1.54, 1.807) is 16.4 Å². The summed E-state index contributed by atoms with van der Waals surface area (Å²) in [6.45, 7) is 13.4. The van der Waals surface area contributed by atoms with Crippen molar-refractivity contribution in [1.82, 2.24) is 19.8 Å². The average molecular weight is 450 g/mol. The van der Waals surface area contributed by atoms with Gasteiger partial charge in [0.05, 0.1) is 11.4 Å². The van der Waals surface area contributed by atoms with Crippen LogP contribution in [0.2, 0.25) is 0 Å². The number of sulfonamides is 1. The molecule has 2 aliphatic rings. The van der Waals surface area contributed by atoms with E-state index in [1.807, 2.05) is 12.1 Å². The van der Waals surface area contributed by atoms with Crippen molar-refractivity contribution >= 4 is 16.0 Å². The van der Waals surface area contributed by atoms with E-state index in [4.69, 9.17) is 4.99 Å². The normalized spacial score (nSPS) is 24.0. The zero-order chi connectivity index (χ0) is 22.4. The van der Waals surface area contributed by atoms with E-state index in [2.05, 4.69) is 43.2 Å². The lowest BCUT2D eigenvalue weighted by atomic mass is 10.1. The number of hydrogen-bond acceptors (Lipinski definition) is 4. The van der Waals surface area contributed by atoms with E-state index in [9.17, 15) is 8.42 Å². The summed E-state index contributed by atoms with van der Waals surface area (Å²) in [6.07, 6.45) is 2.99. The van der Waals surface area contributed by atoms with E-state index >= 15 is 0 Å². The Bertz CT molecular complexity index is 849. The molecule has 2 N–H and O–H groups in total. The minimum atomic E-state index is -3.43. The molecule has 1 aromatic rings. The van der Waals surface area contributed by atoms with Crippen LogP contribution in [0, 0.1) is 5.92 Å². The first-order valence-corrected chi connectivity index (χ1v) is 13.1. The first-order chi connectivity index (χ1) is 14.8. The number of hydrogen-bond donors (Lipinski definition) is 2. The van der Waals surface area contributed by atoms with Crippen LogP contribution in [0.3, 0.4) is 0 Å². The molecular formula is C23H39N5O2S. The minimum absolute atomic E-state index is 0.353. The third kappa shape index (κ3) is 6.20. The van der Waals surface area contributed by atoms with Crippen LogP contribution in [0.5, 0.6) is 0 Å². The molecule has 7 nitrogen and oxygen atoms in total. The number of likely N-dealkylation sites (tertiary alicyclic amines) is 1. The van der Waals surface area contributed by atoms with Crippen molar-refractivity contribution in [3.63, 3.8) is 0 Å². The molecule has 2 saturated heterocycles. The fourth-order valence-corrected chi connectivity index (χ4v) is 5.93. The largest absolute Gasteiger partial charge is 0.357 e. The monoisotopic (exact) mass is 449 g/mol. The number of benzene rings is 1. The molecule has 2 aliphatic heterocycles. The first kappa shape index (κ1) is 24.0. The number of nitrogens with one attached hydrogen (secondary N) is 2. The average Bonchev–Trinajstić information content (AvgIpc) is 3.13. The summed E-state index contributed by atoms with van der Waals surface area (Å²) in [5.41, 5.74) is 0.901. The van der Waals surface area contributed by atoms with Gasteiger partial charge in [0.25, 0.3) is 0 Å². The van der Waals surface area contributed by atoms with Gasteiger partial charge in [-0.2, -0.15) is 4.31 Å². The van der Waals surface area contributed by atoms with Crippen molar-refractivity contribution in [2.75, 3.05) is 32.7 Å². The Morgan fingerprint density at radius 1 is 1.19 bits per heavy atom. The first-order valence-electron chi connectivity index (χ1n) is 11.7. The molecule has 0 aromatic heterocycles. The van der Waals surface area contributed by atoms with E-state index in [0.717, 1.165) is 50.4 Å². The Balaban J connectivity index is 1.69. The Hall–Kier alpha value is -1.64. The Morgan fingerprint density at radius 2 is 1.94 bits per heavy atom. The van der Waals surface area contributed by atoms with E-state index in [1.165, 1.54) is 0 Å². The zero-order valence-electron chi connectivity index (χ0n) is 19.5. The van der Waals surface area contributed by atoms with Gasteiger partial charge in [0.2, 0.25) is 10.0 Å². The molecule has 2 unspecified atom stereocenters. The Labute approximate surface area is 188 Å². The molecule has 8 heteroatoms. The second-order valence-corrected chi connectivity index (χ2v) is 11.0. The molecule has 0 spiro atoms. The quantitative estimate of drug-likeness (QED) is 0.494. The molecule has 2 fully saturated rings. The summed E-state index contributed by atoms with van der Waals surface area (Å²) >= 11 is 0. The number of rotatable bonds is 7. The van der Waals surface area contributed by atoms with Crippen molar-refractivity contribution in [3.05, 3.63) is 29.8 Å². The summed E-state index contributed by atoms with van der Waals surface area (Å²) < 4.78 is 27.6. The fourth-order valence-electron chi connectivity index (χ4n) is 4.34. The molecule has 31 heavy (non-hydrogen) atoms. The summed E-state index contributed by atoms with van der Waals surface area (Å²) in [4.78, 5) is 7.61. The number of piperidine rings is 1. The van der Waals surface area contributed by atoms with Crippen LogP contribution >= 0.6 is 0 Å². The standard InChI is InChI=1S/C23H39N5O2S/c1-5-24-23(26-22-17-27(18(2)3)16-19(22)4)25-15-20-10-9-11-21(14-20)31(29,30)28-12-7-6-8-13-28/h9-11,14,18-19,22H,5-8,12-13,15-17H2,1-4H3,(H2,24,25,26). The smallest absolute Gasteiger partial charge is 0.243 e. The highest BCUT2D eigenvalue weighted by atomic mass is 32.2. The molecule has 3 rings (SSSR count). The van der Waals surface area contributed by atoms with Crippen LogP contribution in [0.1, 0.15) is 52.5 Å². The molecule has 0 radical (unpaired) electrons. The highest BCUT2D eigenvalue weighted by Crippen LogP contribution is 2.22. The molecule has 2 atom stereocenters. The molecular weight excluding hydrogens is 410 g/mol. The van der Waals surface area contributed by atoms with Crippen LogP contribution in [-0.2, 0) is 16.6 Å². The maximum absolute atomic E-state index is 13.0. The summed E-state index contributed by atoms with van der Waals surface area (Å²) in [5, 5.41) is 6.92. The maximum atomic E-state index is 13.0. The lowest BCUT2D eigenvalue weighted by Gasteiger charge is -2.26. The highest BCUT2D eigenvalue weighted by molar-refractivity contribution is 7.89. The number of aliphatic imine (C=N–C) groups is 1. The van der Waals surface area contributed by atoms with Crippen molar-refractivity contribution in [1.29, 1.82) is 0 Å². The third-order valence-corrected chi connectivity index (χ3v) is 8.20. The maximum Gasteiger partial charge on any atom is 0.243 e. The van der Waals surface area contributed by atoms with Crippen LogP contribution < -0.4 is 10.6 Å². The van der Waals surface area contributed by atoms with Crippen LogP contribution in [0.25, 0.3) is 0 Å². The zero-order valence-corrected chi connectivity index (χ0v) is 20.3. The van der Waals surface area contributed by atoms with Gasteiger partial charge in [-0.3, -0.25) is 4.90 Å². The topological polar surface area (TPSA) is 77.0 Å². The van der Waals surface area contributed by atoms with Crippen molar-refractivity contribution in [2.24, 2.45) is 10.9 Å². The predicted molar refractivity (Wildman–Crippen MR) is 127 cm³/mol. The summed E-state index contributed by atoms with van der Waals surface area (Å²) in [7, 11) is -3.43. The van der Waals surface area contributed by atoms with E-state index in [-0.39, 0.29) is 0 Å². The van der Waals surface area contributed by atoms with Gasteiger partial charge >= 0.3 is 0 Å². The Kier molecular flexibility index (Phi) is 8.36. The summed E-state index contributed by atoms with van der Waals surface area (Å²) in [6, 6.07) is 8.13. The van der Waals surface area contributed by atoms with Crippen LogP contribution in [0.15, 0.2) is 34.2 Å². The molecule has 0 aliphatic carbocycles. The van der Waals surface area contributed by atoms with Crippen molar-refractivity contribution in [3.8, 4) is 0 Å². The van der Waals surface area contributed by atoms with Gasteiger partial charge in [0.15, 0.2) is 5.96 Å². The van der Waals surface area contributed by atoms with Crippen molar-refractivity contribution < 1.29 is 8.42 Å². The molecule has 1 aromatic carbocycles. The lowest BCUT2D eigenvalue weighted by Crippen LogP contribution is -2.46. The fraction of sp³-hybridized carbons (Fsp3) is 0.696. The second-order valence-electron chi connectivity index (χ2n) is 9.08. The third-order valence-electron chi connectivity index (χ3n) is 6.31. The van der Waals surface area contributed by atoms with Crippen molar-refractivity contribution in [2.45, 2.75) is 70.5 Å².